The first-order valence-electron chi connectivity index (χ1n) is 8.22. The number of urea groups is 1. The summed E-state index contributed by atoms with van der Waals surface area (Å²) in [5.41, 5.74) is 1.73. The third-order valence-corrected chi connectivity index (χ3v) is 3.63. The van der Waals surface area contributed by atoms with Gasteiger partial charge in [-0.15, -0.1) is 0 Å². The summed E-state index contributed by atoms with van der Waals surface area (Å²) in [6, 6.07) is 11.6. The number of nitrogens with zero attached hydrogens (tertiary/aromatic N) is 1. The van der Waals surface area contributed by atoms with Crippen LogP contribution in [0.5, 0.6) is 5.75 Å². The summed E-state index contributed by atoms with van der Waals surface area (Å²) in [5.74, 6) is 0.229. The number of benzene rings is 2. The Morgan fingerprint density at radius 2 is 1.92 bits per heavy atom. The van der Waals surface area contributed by atoms with Gasteiger partial charge < -0.3 is 25.0 Å². The molecule has 2 aromatic carbocycles. The van der Waals surface area contributed by atoms with Crippen LogP contribution in [0.1, 0.15) is 5.56 Å². The zero-order valence-electron chi connectivity index (χ0n) is 15.2. The van der Waals surface area contributed by atoms with Crippen molar-refractivity contribution >= 4 is 17.4 Å². The molecule has 0 fully saturated rings. The van der Waals surface area contributed by atoms with Crippen molar-refractivity contribution in [2.24, 2.45) is 0 Å². The number of amides is 2. The number of rotatable bonds is 8. The summed E-state index contributed by atoms with van der Waals surface area (Å²) < 4.78 is 24.5. The zero-order chi connectivity index (χ0) is 18.9. The summed E-state index contributed by atoms with van der Waals surface area (Å²) in [6.07, 6.45) is 0. The topological polar surface area (TPSA) is 62.8 Å². The number of halogens is 1. The number of methoxy groups -OCH3 is 1. The minimum Gasteiger partial charge on any atom is -0.489 e. The van der Waals surface area contributed by atoms with Gasteiger partial charge in [0.15, 0.2) is 0 Å². The summed E-state index contributed by atoms with van der Waals surface area (Å²) in [4.78, 5) is 13.8. The lowest BCUT2D eigenvalue weighted by Crippen LogP contribution is -2.28. The van der Waals surface area contributed by atoms with Gasteiger partial charge in [-0.2, -0.15) is 0 Å². The number of anilines is 2. The molecule has 0 aliphatic rings. The lowest BCUT2D eigenvalue weighted by molar-refractivity contribution is 0.146. The number of carbonyl (C=O) groups is 1. The van der Waals surface area contributed by atoms with Crippen LogP contribution >= 0.6 is 0 Å². The highest BCUT2D eigenvalue weighted by Gasteiger charge is 2.09. The summed E-state index contributed by atoms with van der Waals surface area (Å²) in [6.45, 7) is 1.05. The molecule has 2 rings (SSSR count). The SMILES string of the molecule is COCCOc1ccccc1NC(=O)NCc1ccc(N(C)C)c(F)c1. The highest BCUT2D eigenvalue weighted by atomic mass is 19.1. The van der Waals surface area contributed by atoms with E-state index in [0.717, 1.165) is 0 Å². The fourth-order valence-electron chi connectivity index (χ4n) is 2.30. The van der Waals surface area contributed by atoms with Crippen LogP contribution in [-0.2, 0) is 11.3 Å². The third kappa shape index (κ3) is 5.63. The summed E-state index contributed by atoms with van der Waals surface area (Å²) >= 11 is 0. The minimum atomic E-state index is -0.398. The molecule has 6 nitrogen and oxygen atoms in total. The first kappa shape index (κ1) is 19.5. The average molecular weight is 361 g/mol. The molecule has 0 aromatic heterocycles. The molecule has 0 radical (unpaired) electrons. The van der Waals surface area contributed by atoms with E-state index in [1.807, 2.05) is 6.07 Å². The van der Waals surface area contributed by atoms with E-state index in [1.54, 1.807) is 56.4 Å². The molecule has 0 saturated carbocycles. The first-order valence-corrected chi connectivity index (χ1v) is 8.22. The number of para-hydroxylation sites is 2. The molecule has 0 bridgehead atoms. The van der Waals surface area contributed by atoms with E-state index in [4.69, 9.17) is 9.47 Å². The molecule has 0 unspecified atom stereocenters. The molecule has 140 valence electrons. The molecule has 0 saturated heterocycles. The second kappa shape index (κ2) is 9.62. The van der Waals surface area contributed by atoms with E-state index in [9.17, 15) is 9.18 Å². The van der Waals surface area contributed by atoms with Crippen LogP contribution in [0.4, 0.5) is 20.6 Å². The highest BCUT2D eigenvalue weighted by Crippen LogP contribution is 2.23. The fraction of sp³-hybridized carbons (Fsp3) is 0.316. The van der Waals surface area contributed by atoms with Gasteiger partial charge in [0.05, 0.1) is 18.0 Å². The standard InChI is InChI=1S/C19H24FN3O3/c1-23(2)17-9-8-14(12-15(17)20)13-21-19(24)22-16-6-4-5-7-18(16)26-11-10-25-3/h4-9,12H,10-11,13H2,1-3H3,(H2,21,22,24). The van der Waals surface area contributed by atoms with Gasteiger partial charge in [0, 0.05) is 27.7 Å². The quantitative estimate of drug-likeness (QED) is 0.709. The maximum atomic E-state index is 14.0. The highest BCUT2D eigenvalue weighted by molar-refractivity contribution is 5.90. The molecule has 2 N–H and O–H groups in total. The van der Waals surface area contributed by atoms with Crippen LogP contribution in [0.15, 0.2) is 42.5 Å². The van der Waals surface area contributed by atoms with Crippen LogP contribution < -0.4 is 20.3 Å². The van der Waals surface area contributed by atoms with Gasteiger partial charge >= 0.3 is 6.03 Å². The van der Waals surface area contributed by atoms with Gasteiger partial charge in [-0.1, -0.05) is 18.2 Å². The Hall–Kier alpha value is -2.80. The van der Waals surface area contributed by atoms with Gasteiger partial charge in [0.25, 0.3) is 0 Å². The summed E-state index contributed by atoms with van der Waals surface area (Å²) in [7, 11) is 5.14. The largest absolute Gasteiger partial charge is 0.489 e. The van der Waals surface area contributed by atoms with E-state index < -0.39 is 6.03 Å². The normalized spacial score (nSPS) is 10.3. The maximum Gasteiger partial charge on any atom is 0.319 e. The number of carbonyl (C=O) groups excluding carboxylic acids is 1. The Labute approximate surface area is 152 Å². The van der Waals surface area contributed by atoms with Crippen LogP contribution in [0.25, 0.3) is 0 Å². The van der Waals surface area contributed by atoms with E-state index in [0.29, 0.717) is 35.9 Å². The molecule has 0 spiro atoms. The van der Waals surface area contributed by atoms with Crippen molar-refractivity contribution in [1.29, 1.82) is 0 Å². The monoisotopic (exact) mass is 361 g/mol. The Morgan fingerprint density at radius 3 is 2.62 bits per heavy atom. The van der Waals surface area contributed by atoms with Crippen molar-refractivity contribution in [3.8, 4) is 5.75 Å². The predicted molar refractivity (Wildman–Crippen MR) is 100 cm³/mol. The molecular weight excluding hydrogens is 337 g/mol. The Bertz CT molecular complexity index is 738. The first-order chi connectivity index (χ1) is 12.5. The third-order valence-electron chi connectivity index (χ3n) is 3.63. The minimum absolute atomic E-state index is 0.211. The van der Waals surface area contributed by atoms with Crippen molar-refractivity contribution in [2.75, 3.05) is 44.6 Å². The smallest absolute Gasteiger partial charge is 0.319 e. The molecule has 2 aromatic rings. The molecule has 0 aliphatic heterocycles. The van der Waals surface area contributed by atoms with Crippen molar-refractivity contribution in [2.45, 2.75) is 6.54 Å². The van der Waals surface area contributed by atoms with Crippen LogP contribution in [-0.4, -0.2) is 40.5 Å². The second-order valence-corrected chi connectivity index (χ2v) is 5.83. The zero-order valence-corrected chi connectivity index (χ0v) is 15.2. The van der Waals surface area contributed by atoms with Gasteiger partial charge in [0.2, 0.25) is 0 Å². The maximum absolute atomic E-state index is 14.0. The number of ether oxygens (including phenoxy) is 2. The van der Waals surface area contributed by atoms with Crippen molar-refractivity contribution in [1.82, 2.24) is 5.32 Å². The van der Waals surface area contributed by atoms with Gasteiger partial charge in [-0.05, 0) is 29.8 Å². The predicted octanol–water partition coefficient (Wildman–Crippen LogP) is 3.24. The van der Waals surface area contributed by atoms with Crippen LogP contribution in [0.2, 0.25) is 0 Å². The number of nitrogens with one attached hydrogen (secondary N) is 2. The van der Waals surface area contributed by atoms with E-state index >= 15 is 0 Å². The van der Waals surface area contributed by atoms with Crippen molar-refractivity contribution in [3.63, 3.8) is 0 Å². The molecule has 0 aliphatic carbocycles. The van der Waals surface area contributed by atoms with Gasteiger partial charge in [-0.3, -0.25) is 0 Å². The van der Waals surface area contributed by atoms with Crippen LogP contribution in [0.3, 0.4) is 0 Å². The molecule has 0 atom stereocenters. The van der Waals surface area contributed by atoms with E-state index in [1.165, 1.54) is 6.07 Å². The molecule has 0 heterocycles. The molecule has 26 heavy (non-hydrogen) atoms. The van der Waals surface area contributed by atoms with Crippen LogP contribution in [0, 0.1) is 5.82 Å². The van der Waals surface area contributed by atoms with Crippen molar-refractivity contribution in [3.05, 3.63) is 53.8 Å². The Morgan fingerprint density at radius 1 is 1.15 bits per heavy atom. The molecular formula is C19H24FN3O3. The lowest BCUT2D eigenvalue weighted by atomic mass is 10.2. The Balaban J connectivity index is 1.92. The Kier molecular flexibility index (Phi) is 7.23. The molecule has 7 heteroatoms. The number of hydrogen-bond acceptors (Lipinski definition) is 4. The summed E-state index contributed by atoms with van der Waals surface area (Å²) in [5, 5.41) is 5.44. The van der Waals surface area contributed by atoms with E-state index in [-0.39, 0.29) is 12.4 Å². The van der Waals surface area contributed by atoms with Gasteiger partial charge in [-0.25, -0.2) is 9.18 Å². The fourth-order valence-corrected chi connectivity index (χ4v) is 2.30. The lowest BCUT2D eigenvalue weighted by Gasteiger charge is -2.15. The molecule has 2 amide bonds. The van der Waals surface area contributed by atoms with E-state index in [2.05, 4.69) is 10.6 Å². The average Bonchev–Trinajstić information content (AvgIpc) is 2.61. The van der Waals surface area contributed by atoms with Crippen molar-refractivity contribution < 1.29 is 18.7 Å². The second-order valence-electron chi connectivity index (χ2n) is 5.83. The van der Waals surface area contributed by atoms with Gasteiger partial charge in [0.1, 0.15) is 18.2 Å². The number of hydrogen-bond donors (Lipinski definition) is 2.